The van der Waals surface area contributed by atoms with Crippen LogP contribution in [0.5, 0.6) is 0 Å². The standard InChI is InChI=1S/C39H30BN3/c1-41(29-16-5-2-6-17-29)35-24-13-11-22-32(35)34-28-42(30-18-7-3-8-19-30)37-26-15-27-38-39(37)40(34)33-23-12-14-25-36(33)43(38)31-20-9-4-10-21-31/h2-28H,1H3. The molecule has 4 heteroatoms. The van der Waals surface area contributed by atoms with Crippen LogP contribution in [0.4, 0.5) is 39.8 Å². The van der Waals surface area contributed by atoms with Gasteiger partial charge in [0.25, 0.3) is 6.71 Å². The second-order valence-corrected chi connectivity index (χ2v) is 11.1. The molecule has 0 aromatic heterocycles. The fourth-order valence-electron chi connectivity index (χ4n) is 6.75. The van der Waals surface area contributed by atoms with Gasteiger partial charge in [-0.1, -0.05) is 97.1 Å². The first-order chi connectivity index (χ1) is 21.3. The molecule has 2 aliphatic heterocycles. The van der Waals surface area contributed by atoms with Crippen molar-refractivity contribution in [2.45, 2.75) is 0 Å². The van der Waals surface area contributed by atoms with Crippen molar-refractivity contribution in [3.05, 3.63) is 169 Å². The maximum Gasteiger partial charge on any atom is 0.252 e. The molecule has 0 unspecified atom stereocenters. The van der Waals surface area contributed by atoms with Gasteiger partial charge in [0.15, 0.2) is 0 Å². The van der Waals surface area contributed by atoms with Gasteiger partial charge in [0.05, 0.1) is 0 Å². The molecule has 0 radical (unpaired) electrons. The van der Waals surface area contributed by atoms with Crippen LogP contribution in [0.2, 0.25) is 0 Å². The van der Waals surface area contributed by atoms with Gasteiger partial charge >= 0.3 is 0 Å². The Morgan fingerprint density at radius 3 is 1.86 bits per heavy atom. The number of hydrogen-bond acceptors (Lipinski definition) is 3. The third-order valence-electron chi connectivity index (χ3n) is 8.69. The van der Waals surface area contributed by atoms with Crippen LogP contribution in [-0.2, 0) is 0 Å². The fourth-order valence-corrected chi connectivity index (χ4v) is 6.75. The summed E-state index contributed by atoms with van der Waals surface area (Å²) in [5, 5.41) is 0. The molecule has 3 nitrogen and oxygen atoms in total. The molecular weight excluding hydrogens is 521 g/mol. The van der Waals surface area contributed by atoms with Crippen LogP contribution in [0, 0.1) is 0 Å². The smallest absolute Gasteiger partial charge is 0.252 e. The van der Waals surface area contributed by atoms with Gasteiger partial charge in [-0.2, -0.15) is 0 Å². The predicted molar refractivity (Wildman–Crippen MR) is 184 cm³/mol. The lowest BCUT2D eigenvalue weighted by molar-refractivity contribution is 1.20. The Morgan fingerprint density at radius 1 is 0.512 bits per heavy atom. The van der Waals surface area contributed by atoms with E-state index in [2.05, 4.69) is 186 Å². The second kappa shape index (κ2) is 10.4. The summed E-state index contributed by atoms with van der Waals surface area (Å²) in [6, 6.07) is 56.5. The van der Waals surface area contributed by atoms with Crippen LogP contribution in [0.3, 0.4) is 0 Å². The normalized spacial score (nSPS) is 13.2. The number of para-hydroxylation sites is 5. The molecule has 0 amide bonds. The highest BCUT2D eigenvalue weighted by Crippen LogP contribution is 2.45. The monoisotopic (exact) mass is 551 g/mol. The first-order valence-electron chi connectivity index (χ1n) is 14.8. The van der Waals surface area contributed by atoms with Crippen LogP contribution in [0.15, 0.2) is 164 Å². The van der Waals surface area contributed by atoms with E-state index in [9.17, 15) is 0 Å². The average Bonchev–Trinajstić information content (AvgIpc) is 3.09. The molecule has 2 aliphatic rings. The van der Waals surface area contributed by atoms with E-state index in [1.807, 2.05) is 0 Å². The van der Waals surface area contributed by atoms with Crippen LogP contribution >= 0.6 is 0 Å². The minimum Gasteiger partial charge on any atom is -0.344 e. The molecule has 204 valence electrons. The second-order valence-electron chi connectivity index (χ2n) is 11.1. The summed E-state index contributed by atoms with van der Waals surface area (Å²) < 4.78 is 0. The summed E-state index contributed by atoms with van der Waals surface area (Å²) in [5.74, 6) is 0. The summed E-state index contributed by atoms with van der Waals surface area (Å²) in [7, 11) is 2.16. The minimum absolute atomic E-state index is 0.0626. The zero-order chi connectivity index (χ0) is 28.8. The van der Waals surface area contributed by atoms with Crippen molar-refractivity contribution in [2.75, 3.05) is 21.7 Å². The van der Waals surface area contributed by atoms with E-state index >= 15 is 0 Å². The lowest BCUT2D eigenvalue weighted by Crippen LogP contribution is -2.54. The number of nitrogens with zero attached hydrogens (tertiary/aromatic N) is 3. The Hall–Kier alpha value is -5.48. The summed E-state index contributed by atoms with van der Waals surface area (Å²) in [6.45, 7) is 0.0626. The van der Waals surface area contributed by atoms with E-state index in [0.717, 1.165) is 17.1 Å². The topological polar surface area (TPSA) is 9.72 Å². The van der Waals surface area contributed by atoms with E-state index in [1.165, 1.54) is 44.7 Å². The maximum absolute atomic E-state index is 2.43. The molecule has 0 saturated heterocycles. The first kappa shape index (κ1) is 25.3. The number of rotatable bonds is 5. The van der Waals surface area contributed by atoms with Gasteiger partial charge in [0.1, 0.15) is 0 Å². The van der Waals surface area contributed by atoms with Crippen LogP contribution < -0.4 is 25.6 Å². The van der Waals surface area contributed by atoms with Crippen molar-refractivity contribution in [1.82, 2.24) is 0 Å². The van der Waals surface area contributed by atoms with E-state index in [0.29, 0.717) is 0 Å². The Morgan fingerprint density at radius 2 is 1.09 bits per heavy atom. The van der Waals surface area contributed by atoms with Crippen molar-refractivity contribution < 1.29 is 0 Å². The molecule has 6 aromatic carbocycles. The first-order valence-corrected chi connectivity index (χ1v) is 14.8. The number of anilines is 7. The lowest BCUT2D eigenvalue weighted by Gasteiger charge is -2.43. The Labute approximate surface area is 253 Å². The summed E-state index contributed by atoms with van der Waals surface area (Å²) in [6.07, 6.45) is 2.37. The van der Waals surface area contributed by atoms with Crippen molar-refractivity contribution in [3.63, 3.8) is 0 Å². The summed E-state index contributed by atoms with van der Waals surface area (Å²) in [4.78, 5) is 7.11. The summed E-state index contributed by atoms with van der Waals surface area (Å²) in [5.41, 5.74) is 13.4. The van der Waals surface area contributed by atoms with Gasteiger partial charge in [-0.05, 0) is 82.6 Å². The molecule has 0 bridgehead atoms. The SMILES string of the molecule is CN(c1ccccc1)c1ccccc1C1=CN(c2ccccc2)c2cccc3c2B1c1ccccc1N3c1ccccc1. The van der Waals surface area contributed by atoms with Gasteiger partial charge in [-0.15, -0.1) is 0 Å². The lowest BCUT2D eigenvalue weighted by atomic mass is 9.32. The zero-order valence-corrected chi connectivity index (χ0v) is 24.0. The average molecular weight is 552 g/mol. The molecular formula is C39H30BN3. The number of benzene rings is 6. The van der Waals surface area contributed by atoms with E-state index in [-0.39, 0.29) is 6.71 Å². The zero-order valence-electron chi connectivity index (χ0n) is 24.0. The van der Waals surface area contributed by atoms with Gasteiger partial charge in [0.2, 0.25) is 0 Å². The highest BCUT2D eigenvalue weighted by Gasteiger charge is 2.42. The highest BCUT2D eigenvalue weighted by atomic mass is 15.2. The molecule has 2 heterocycles. The molecule has 0 spiro atoms. The molecule has 0 saturated carbocycles. The molecule has 0 fully saturated rings. The third kappa shape index (κ3) is 4.14. The van der Waals surface area contributed by atoms with Crippen molar-refractivity contribution in [2.24, 2.45) is 0 Å². The molecule has 8 rings (SSSR count). The number of hydrogen-bond donors (Lipinski definition) is 0. The largest absolute Gasteiger partial charge is 0.344 e. The van der Waals surface area contributed by atoms with Crippen LogP contribution in [0.25, 0.3) is 5.47 Å². The molecule has 0 aliphatic carbocycles. The van der Waals surface area contributed by atoms with Crippen LogP contribution in [0.1, 0.15) is 5.56 Å². The highest BCUT2D eigenvalue weighted by molar-refractivity contribution is 7.03. The maximum atomic E-state index is 2.43. The Bertz CT molecular complexity index is 1950. The Balaban J connectivity index is 1.41. The van der Waals surface area contributed by atoms with Gasteiger partial charge in [0, 0.05) is 53.1 Å². The van der Waals surface area contributed by atoms with E-state index < -0.39 is 0 Å². The van der Waals surface area contributed by atoms with E-state index in [4.69, 9.17) is 0 Å². The molecule has 0 N–H and O–H groups in total. The summed E-state index contributed by atoms with van der Waals surface area (Å²) >= 11 is 0. The van der Waals surface area contributed by atoms with Gasteiger partial charge in [-0.3, -0.25) is 0 Å². The minimum atomic E-state index is 0.0626. The van der Waals surface area contributed by atoms with Gasteiger partial charge in [-0.25, -0.2) is 0 Å². The van der Waals surface area contributed by atoms with Crippen molar-refractivity contribution >= 4 is 62.9 Å². The molecule has 0 atom stereocenters. The fraction of sp³-hybridized carbons (Fsp3) is 0.0256. The van der Waals surface area contributed by atoms with E-state index in [1.54, 1.807) is 0 Å². The van der Waals surface area contributed by atoms with Crippen LogP contribution in [-0.4, -0.2) is 13.8 Å². The van der Waals surface area contributed by atoms with Crippen molar-refractivity contribution in [3.8, 4) is 0 Å². The quantitative estimate of drug-likeness (QED) is 0.199. The Kier molecular flexibility index (Phi) is 6.12. The van der Waals surface area contributed by atoms with Crippen molar-refractivity contribution in [1.29, 1.82) is 0 Å². The predicted octanol–water partition coefficient (Wildman–Crippen LogP) is 8.58. The molecule has 43 heavy (non-hydrogen) atoms. The molecule has 6 aromatic rings. The number of fused-ring (bicyclic) bond motifs is 2. The van der Waals surface area contributed by atoms with Gasteiger partial charge < -0.3 is 14.7 Å². The third-order valence-corrected chi connectivity index (χ3v) is 8.69.